The molecule has 1 aromatic heterocycles. The molecule has 1 aliphatic heterocycles. The molecule has 2 heterocycles. The summed E-state index contributed by atoms with van der Waals surface area (Å²) in [6.45, 7) is 8.53. The maximum Gasteiger partial charge on any atom is 0.407 e. The van der Waals surface area contributed by atoms with E-state index in [0.717, 1.165) is 25.5 Å². The number of carbonyl (C=O) groups is 1. The van der Waals surface area contributed by atoms with Crippen molar-refractivity contribution in [2.45, 2.75) is 51.9 Å². The minimum atomic E-state index is -0.496. The monoisotopic (exact) mass is 412 g/mol. The van der Waals surface area contributed by atoms with Crippen molar-refractivity contribution < 1.29 is 9.53 Å². The zero-order valence-electron chi connectivity index (χ0n) is 18.3. The van der Waals surface area contributed by atoms with Gasteiger partial charge < -0.3 is 20.3 Å². The van der Waals surface area contributed by atoms with E-state index in [1.807, 2.05) is 49.8 Å². The van der Waals surface area contributed by atoms with Crippen molar-refractivity contribution in [3.63, 3.8) is 0 Å². The van der Waals surface area contributed by atoms with Gasteiger partial charge in [-0.15, -0.1) is 0 Å². The second-order valence-electron chi connectivity index (χ2n) is 8.45. The molecule has 1 fully saturated rings. The number of aromatic nitrogens is 2. The van der Waals surface area contributed by atoms with Crippen LogP contribution in [0.25, 0.3) is 0 Å². The first-order chi connectivity index (χ1) is 14.3. The number of ether oxygens (including phenoxy) is 1. The molecule has 0 radical (unpaired) electrons. The van der Waals surface area contributed by atoms with Crippen LogP contribution >= 0.6 is 0 Å². The largest absolute Gasteiger partial charge is 0.444 e. The molecule has 2 N–H and O–H groups in total. The minimum Gasteiger partial charge on any atom is -0.444 e. The Labute approximate surface area is 178 Å². The van der Waals surface area contributed by atoms with Gasteiger partial charge in [0.05, 0.1) is 12.6 Å². The predicted molar refractivity (Wildman–Crippen MR) is 117 cm³/mol. The third kappa shape index (κ3) is 6.23. The lowest BCUT2D eigenvalue weighted by Gasteiger charge is -2.23. The normalized spacial score (nSPS) is 17.1. The van der Waals surface area contributed by atoms with Gasteiger partial charge >= 0.3 is 6.09 Å². The first-order valence-electron chi connectivity index (χ1n) is 10.3. The van der Waals surface area contributed by atoms with Crippen LogP contribution in [0.15, 0.2) is 47.7 Å². The number of aliphatic imine (C=N–C) groups is 1. The number of alkyl carbamates (subject to hydrolysis) is 1. The van der Waals surface area contributed by atoms with Gasteiger partial charge in [-0.2, -0.15) is 5.10 Å². The molecule has 1 unspecified atom stereocenters. The fraction of sp³-hybridized carbons (Fsp3) is 0.500. The van der Waals surface area contributed by atoms with Crippen LogP contribution in [0, 0.1) is 0 Å². The van der Waals surface area contributed by atoms with Gasteiger partial charge in [0.25, 0.3) is 0 Å². The van der Waals surface area contributed by atoms with E-state index in [0.29, 0.717) is 13.1 Å². The Bertz CT molecular complexity index is 857. The van der Waals surface area contributed by atoms with E-state index in [-0.39, 0.29) is 12.1 Å². The van der Waals surface area contributed by atoms with Gasteiger partial charge in [0.2, 0.25) is 0 Å². The number of nitrogens with zero attached hydrogens (tertiary/aromatic N) is 4. The lowest BCUT2D eigenvalue weighted by Crippen LogP contribution is -2.44. The van der Waals surface area contributed by atoms with Crippen molar-refractivity contribution in [2.75, 3.05) is 20.1 Å². The molecular formula is C22H32N6O2. The predicted octanol–water partition coefficient (Wildman–Crippen LogP) is 2.61. The number of guanidine groups is 1. The van der Waals surface area contributed by atoms with Gasteiger partial charge in [-0.25, -0.2) is 4.79 Å². The third-order valence-corrected chi connectivity index (χ3v) is 4.87. The van der Waals surface area contributed by atoms with E-state index in [4.69, 9.17) is 4.74 Å². The summed E-state index contributed by atoms with van der Waals surface area (Å²) in [5, 5.41) is 10.7. The van der Waals surface area contributed by atoms with E-state index in [1.165, 1.54) is 11.1 Å². The fourth-order valence-corrected chi connectivity index (χ4v) is 3.50. The number of amides is 1. The zero-order chi connectivity index (χ0) is 21.6. The molecule has 1 atom stereocenters. The highest BCUT2D eigenvalue weighted by Crippen LogP contribution is 2.14. The molecule has 1 aliphatic rings. The van der Waals surface area contributed by atoms with E-state index < -0.39 is 5.60 Å². The molecule has 8 heteroatoms. The van der Waals surface area contributed by atoms with Crippen molar-refractivity contribution in [3.8, 4) is 0 Å². The molecule has 0 saturated carbocycles. The number of carbonyl (C=O) groups excluding carboxylic acids is 1. The topological polar surface area (TPSA) is 83.8 Å². The average molecular weight is 413 g/mol. The third-order valence-electron chi connectivity index (χ3n) is 4.87. The molecule has 0 bridgehead atoms. The second kappa shape index (κ2) is 9.65. The van der Waals surface area contributed by atoms with Crippen molar-refractivity contribution >= 4 is 12.1 Å². The first-order valence-corrected chi connectivity index (χ1v) is 10.3. The van der Waals surface area contributed by atoms with Crippen LogP contribution in [0.5, 0.6) is 0 Å². The molecule has 3 rings (SSSR count). The van der Waals surface area contributed by atoms with Gasteiger partial charge in [-0.1, -0.05) is 24.3 Å². The molecule has 0 aliphatic carbocycles. The van der Waals surface area contributed by atoms with Crippen molar-refractivity contribution in [1.29, 1.82) is 0 Å². The molecule has 30 heavy (non-hydrogen) atoms. The standard InChI is InChI=1S/C22H32N6O2/c1-22(2,3)30-21(29)26-19-10-13-27(16-19)20(23-4)24-14-17-8-5-6-9-18(17)15-28-12-7-11-25-28/h5-9,11-12,19H,10,13-16H2,1-4H3,(H,23,24)(H,26,29). The summed E-state index contributed by atoms with van der Waals surface area (Å²) in [6, 6.07) is 10.3. The Balaban J connectivity index is 1.54. The van der Waals surface area contributed by atoms with Gasteiger partial charge in [0, 0.05) is 39.1 Å². The van der Waals surface area contributed by atoms with Crippen LogP contribution in [0.1, 0.15) is 38.3 Å². The summed E-state index contributed by atoms with van der Waals surface area (Å²) in [7, 11) is 1.78. The van der Waals surface area contributed by atoms with Gasteiger partial charge in [-0.3, -0.25) is 9.67 Å². The smallest absolute Gasteiger partial charge is 0.407 e. The molecule has 1 aromatic carbocycles. The van der Waals surface area contributed by atoms with E-state index in [2.05, 4.69) is 37.8 Å². The maximum atomic E-state index is 12.0. The number of likely N-dealkylation sites (tertiary alicyclic amines) is 1. The average Bonchev–Trinajstić information content (AvgIpc) is 3.34. The zero-order valence-corrected chi connectivity index (χ0v) is 18.3. The van der Waals surface area contributed by atoms with Gasteiger partial charge in [0.15, 0.2) is 5.96 Å². The lowest BCUT2D eigenvalue weighted by atomic mass is 10.1. The van der Waals surface area contributed by atoms with Crippen LogP contribution in [-0.4, -0.2) is 58.5 Å². The molecule has 2 aromatic rings. The van der Waals surface area contributed by atoms with Crippen LogP contribution < -0.4 is 10.6 Å². The Morgan fingerprint density at radius 3 is 2.70 bits per heavy atom. The molecular weight excluding hydrogens is 380 g/mol. The quantitative estimate of drug-likeness (QED) is 0.583. The molecule has 0 spiro atoms. The summed E-state index contributed by atoms with van der Waals surface area (Å²) in [5.41, 5.74) is 1.93. The van der Waals surface area contributed by atoms with Crippen molar-refractivity contribution in [1.82, 2.24) is 25.3 Å². The SMILES string of the molecule is CN=C(NCc1ccccc1Cn1cccn1)N1CCC(NC(=O)OC(C)(C)C)C1. The maximum absolute atomic E-state index is 12.0. The van der Waals surface area contributed by atoms with Crippen LogP contribution in [0.3, 0.4) is 0 Å². The highest BCUT2D eigenvalue weighted by Gasteiger charge is 2.27. The Morgan fingerprint density at radius 1 is 1.27 bits per heavy atom. The van der Waals surface area contributed by atoms with Crippen LogP contribution in [0.4, 0.5) is 4.79 Å². The lowest BCUT2D eigenvalue weighted by molar-refractivity contribution is 0.0507. The first kappa shape index (κ1) is 21.7. The van der Waals surface area contributed by atoms with Crippen LogP contribution in [0.2, 0.25) is 0 Å². The van der Waals surface area contributed by atoms with Gasteiger partial charge in [0.1, 0.15) is 5.60 Å². The summed E-state index contributed by atoms with van der Waals surface area (Å²) < 4.78 is 7.28. The number of hydrogen-bond donors (Lipinski definition) is 2. The summed E-state index contributed by atoms with van der Waals surface area (Å²) in [6.07, 6.45) is 4.24. The summed E-state index contributed by atoms with van der Waals surface area (Å²) in [4.78, 5) is 18.6. The van der Waals surface area contributed by atoms with E-state index in [9.17, 15) is 4.79 Å². The van der Waals surface area contributed by atoms with E-state index in [1.54, 1.807) is 13.2 Å². The fourth-order valence-electron chi connectivity index (χ4n) is 3.50. The Kier molecular flexibility index (Phi) is 6.97. The van der Waals surface area contributed by atoms with Crippen LogP contribution in [-0.2, 0) is 17.8 Å². The van der Waals surface area contributed by atoms with Crippen molar-refractivity contribution in [3.05, 3.63) is 53.9 Å². The molecule has 1 saturated heterocycles. The van der Waals surface area contributed by atoms with E-state index >= 15 is 0 Å². The Hall–Kier alpha value is -3.03. The number of hydrogen-bond acceptors (Lipinski definition) is 4. The second-order valence-corrected chi connectivity index (χ2v) is 8.45. The Morgan fingerprint density at radius 2 is 2.03 bits per heavy atom. The molecule has 8 nitrogen and oxygen atoms in total. The number of rotatable bonds is 5. The van der Waals surface area contributed by atoms with Crippen molar-refractivity contribution in [2.24, 2.45) is 4.99 Å². The summed E-state index contributed by atoms with van der Waals surface area (Å²) >= 11 is 0. The number of nitrogens with one attached hydrogen (secondary N) is 2. The van der Waals surface area contributed by atoms with Gasteiger partial charge in [-0.05, 0) is 44.4 Å². The molecule has 1 amide bonds. The minimum absolute atomic E-state index is 0.0468. The summed E-state index contributed by atoms with van der Waals surface area (Å²) in [5.74, 6) is 0.831. The highest BCUT2D eigenvalue weighted by molar-refractivity contribution is 5.80. The number of benzene rings is 1. The molecule has 162 valence electrons. The highest BCUT2D eigenvalue weighted by atomic mass is 16.6.